The topological polar surface area (TPSA) is 34.9 Å². The van der Waals surface area contributed by atoms with Crippen LogP contribution in [0.25, 0.3) is 5.69 Å². The number of halogens is 2. The molecule has 2 rings (SSSR count). The van der Waals surface area contributed by atoms with E-state index in [2.05, 4.69) is 11.6 Å². The first kappa shape index (κ1) is 12.9. The fourth-order valence-electron chi connectivity index (χ4n) is 1.57. The average molecular weight is 281 g/mol. The molecule has 0 atom stereocenters. The van der Waals surface area contributed by atoms with Gasteiger partial charge in [-0.1, -0.05) is 29.3 Å². The van der Waals surface area contributed by atoms with Crippen molar-refractivity contribution in [1.29, 1.82) is 0 Å². The van der Waals surface area contributed by atoms with Gasteiger partial charge < -0.3 is 0 Å². The fourth-order valence-corrected chi connectivity index (χ4v) is 1.90. The highest BCUT2D eigenvalue weighted by Gasteiger charge is 2.09. The van der Waals surface area contributed by atoms with Crippen LogP contribution in [-0.2, 0) is 6.42 Å². The van der Waals surface area contributed by atoms with E-state index in [1.165, 1.54) is 10.9 Å². The van der Waals surface area contributed by atoms with Gasteiger partial charge in [0.25, 0.3) is 5.56 Å². The average Bonchev–Trinajstić information content (AvgIpc) is 2.36. The molecule has 1 aromatic heterocycles. The first-order chi connectivity index (χ1) is 8.63. The molecular weight excluding hydrogens is 271 g/mol. The summed E-state index contributed by atoms with van der Waals surface area (Å²) in [6, 6.07) is 6.92. The number of aromatic nitrogens is 2. The maximum absolute atomic E-state index is 12.2. The summed E-state index contributed by atoms with van der Waals surface area (Å²) in [6.07, 6.45) is 3.41. The van der Waals surface area contributed by atoms with E-state index in [4.69, 9.17) is 23.2 Å². The second kappa shape index (κ2) is 5.38. The van der Waals surface area contributed by atoms with Crippen LogP contribution in [-0.4, -0.2) is 9.55 Å². The van der Waals surface area contributed by atoms with Crippen LogP contribution in [0.15, 0.2) is 48.0 Å². The lowest BCUT2D eigenvalue weighted by atomic mass is 10.2. The molecule has 0 N–H and O–H groups in total. The molecule has 0 amide bonds. The smallest absolute Gasteiger partial charge is 0.262 e. The highest BCUT2D eigenvalue weighted by Crippen LogP contribution is 2.14. The largest absolute Gasteiger partial charge is 0.269 e. The van der Waals surface area contributed by atoms with Gasteiger partial charge in [0.1, 0.15) is 11.5 Å². The maximum Gasteiger partial charge on any atom is 0.262 e. The number of hydrogen-bond donors (Lipinski definition) is 0. The minimum Gasteiger partial charge on any atom is -0.269 e. The van der Waals surface area contributed by atoms with Crippen molar-refractivity contribution in [2.24, 2.45) is 0 Å². The maximum atomic E-state index is 12.2. The quantitative estimate of drug-likeness (QED) is 0.639. The normalized spacial score (nSPS) is 10.3. The molecule has 3 nitrogen and oxygen atoms in total. The van der Waals surface area contributed by atoms with Crippen LogP contribution in [0.5, 0.6) is 0 Å². The molecule has 0 saturated carbocycles. The summed E-state index contributed by atoms with van der Waals surface area (Å²) in [4.78, 5) is 16.2. The predicted octanol–water partition coefficient (Wildman–Crippen LogP) is 3.27. The minimum absolute atomic E-state index is 0.197. The van der Waals surface area contributed by atoms with Crippen LogP contribution in [0.2, 0.25) is 10.2 Å². The van der Waals surface area contributed by atoms with E-state index in [-0.39, 0.29) is 10.7 Å². The molecule has 0 aliphatic heterocycles. The summed E-state index contributed by atoms with van der Waals surface area (Å²) >= 11 is 11.7. The standard InChI is InChI=1S/C13H10Cl2N2O/c1-2-3-11-12(15)16-8-17(13(11)18)10-6-4-9(14)5-7-10/h2,4-8H,1,3H2. The van der Waals surface area contributed by atoms with Crippen molar-refractivity contribution >= 4 is 23.2 Å². The molecule has 0 fully saturated rings. The highest BCUT2D eigenvalue weighted by molar-refractivity contribution is 6.30. The van der Waals surface area contributed by atoms with Gasteiger partial charge in [-0.2, -0.15) is 0 Å². The lowest BCUT2D eigenvalue weighted by molar-refractivity contribution is 0.903. The fraction of sp³-hybridized carbons (Fsp3) is 0.0769. The Morgan fingerprint density at radius 2 is 1.94 bits per heavy atom. The number of nitrogens with zero attached hydrogens (tertiary/aromatic N) is 2. The first-order valence-electron chi connectivity index (χ1n) is 5.26. The van der Waals surface area contributed by atoms with Crippen molar-refractivity contribution in [2.75, 3.05) is 0 Å². The summed E-state index contributed by atoms with van der Waals surface area (Å²) in [6.45, 7) is 3.60. The van der Waals surface area contributed by atoms with Gasteiger partial charge in [-0.25, -0.2) is 4.98 Å². The molecule has 18 heavy (non-hydrogen) atoms. The van der Waals surface area contributed by atoms with Gasteiger partial charge in [0.2, 0.25) is 0 Å². The lowest BCUT2D eigenvalue weighted by Gasteiger charge is -2.08. The molecule has 0 aliphatic carbocycles. The molecule has 0 radical (unpaired) electrons. The van der Waals surface area contributed by atoms with Crippen molar-refractivity contribution in [3.05, 3.63) is 69.3 Å². The van der Waals surface area contributed by atoms with Crippen LogP contribution >= 0.6 is 23.2 Å². The molecule has 0 saturated heterocycles. The second-order valence-electron chi connectivity index (χ2n) is 3.66. The van der Waals surface area contributed by atoms with Gasteiger partial charge in [-0.05, 0) is 30.7 Å². The summed E-state index contributed by atoms with van der Waals surface area (Å²) in [7, 11) is 0. The Hall–Kier alpha value is -1.58. The third kappa shape index (κ3) is 2.47. The third-order valence-corrected chi connectivity index (χ3v) is 3.04. The summed E-state index contributed by atoms with van der Waals surface area (Å²) in [5.74, 6) is 0. The molecule has 5 heteroatoms. The Labute approximate surface area is 114 Å². The highest BCUT2D eigenvalue weighted by atomic mass is 35.5. The van der Waals surface area contributed by atoms with Gasteiger partial charge in [0.15, 0.2) is 0 Å². The SMILES string of the molecule is C=CCc1c(Cl)ncn(-c2ccc(Cl)cc2)c1=O. The third-order valence-electron chi connectivity index (χ3n) is 2.47. The Bertz CT molecular complexity index is 632. The van der Waals surface area contributed by atoms with Gasteiger partial charge >= 0.3 is 0 Å². The zero-order valence-corrected chi connectivity index (χ0v) is 10.9. The van der Waals surface area contributed by atoms with E-state index in [1.54, 1.807) is 30.3 Å². The molecule has 1 aromatic carbocycles. The molecule has 92 valence electrons. The monoisotopic (exact) mass is 280 g/mol. The van der Waals surface area contributed by atoms with Gasteiger partial charge in [0, 0.05) is 5.02 Å². The number of hydrogen-bond acceptors (Lipinski definition) is 2. The molecule has 0 spiro atoms. The van der Waals surface area contributed by atoms with Crippen molar-refractivity contribution in [2.45, 2.75) is 6.42 Å². The van der Waals surface area contributed by atoms with E-state index in [0.717, 1.165) is 0 Å². The summed E-state index contributed by atoms with van der Waals surface area (Å²) in [5.41, 5.74) is 0.931. The predicted molar refractivity (Wildman–Crippen MR) is 73.8 cm³/mol. The Kier molecular flexibility index (Phi) is 3.84. The van der Waals surface area contributed by atoms with E-state index in [9.17, 15) is 4.79 Å². The Morgan fingerprint density at radius 1 is 1.28 bits per heavy atom. The molecule has 0 bridgehead atoms. The van der Waals surface area contributed by atoms with Gasteiger partial charge in [0.05, 0.1) is 11.3 Å². The van der Waals surface area contributed by atoms with Crippen LogP contribution in [0.4, 0.5) is 0 Å². The van der Waals surface area contributed by atoms with E-state index in [1.807, 2.05) is 0 Å². The zero-order valence-electron chi connectivity index (χ0n) is 9.44. The Morgan fingerprint density at radius 3 is 2.56 bits per heavy atom. The lowest BCUT2D eigenvalue weighted by Crippen LogP contribution is -2.23. The van der Waals surface area contributed by atoms with Gasteiger partial charge in [-0.3, -0.25) is 9.36 Å². The van der Waals surface area contributed by atoms with E-state index >= 15 is 0 Å². The van der Waals surface area contributed by atoms with Crippen molar-refractivity contribution in [3.8, 4) is 5.69 Å². The molecule has 0 aliphatic rings. The molecule has 1 heterocycles. The van der Waals surface area contributed by atoms with Crippen LogP contribution in [0, 0.1) is 0 Å². The minimum atomic E-state index is -0.197. The van der Waals surface area contributed by atoms with Crippen LogP contribution in [0.3, 0.4) is 0 Å². The Balaban J connectivity index is 2.59. The van der Waals surface area contributed by atoms with Crippen molar-refractivity contribution < 1.29 is 0 Å². The molecule has 0 unspecified atom stereocenters. The second-order valence-corrected chi connectivity index (χ2v) is 4.45. The number of benzene rings is 1. The van der Waals surface area contributed by atoms with E-state index in [0.29, 0.717) is 22.7 Å². The van der Waals surface area contributed by atoms with Crippen LogP contribution in [0.1, 0.15) is 5.56 Å². The number of rotatable bonds is 3. The van der Waals surface area contributed by atoms with E-state index < -0.39 is 0 Å². The summed E-state index contributed by atoms with van der Waals surface area (Å²) in [5, 5.41) is 0.824. The first-order valence-corrected chi connectivity index (χ1v) is 6.02. The number of allylic oxidation sites excluding steroid dienone is 1. The summed E-state index contributed by atoms with van der Waals surface area (Å²) < 4.78 is 1.43. The molecular formula is C13H10Cl2N2O. The van der Waals surface area contributed by atoms with Crippen molar-refractivity contribution in [3.63, 3.8) is 0 Å². The van der Waals surface area contributed by atoms with Crippen molar-refractivity contribution in [1.82, 2.24) is 9.55 Å². The molecule has 2 aromatic rings. The van der Waals surface area contributed by atoms with Crippen LogP contribution < -0.4 is 5.56 Å². The zero-order chi connectivity index (χ0) is 13.1. The van der Waals surface area contributed by atoms with Gasteiger partial charge in [-0.15, -0.1) is 6.58 Å².